The van der Waals surface area contributed by atoms with Gasteiger partial charge >= 0.3 is 0 Å². The molecule has 124 valence electrons. The normalized spacial score (nSPS) is 11.0. The number of nitrogens with zero attached hydrogens (tertiary/aromatic N) is 4. The van der Waals surface area contributed by atoms with E-state index in [1.165, 1.54) is 17.5 Å². The predicted octanol–water partition coefficient (Wildman–Crippen LogP) is 4.53. The van der Waals surface area contributed by atoms with Crippen LogP contribution >= 0.6 is 0 Å². The molecular weight excluding hydrogens is 312 g/mol. The van der Waals surface area contributed by atoms with Crippen LogP contribution in [0.25, 0.3) is 16.7 Å². The molecule has 0 saturated heterocycles. The molecule has 0 amide bonds. The van der Waals surface area contributed by atoms with Crippen molar-refractivity contribution in [3.8, 4) is 17.3 Å². The lowest BCUT2D eigenvalue weighted by atomic mass is 10.1. The van der Waals surface area contributed by atoms with Crippen LogP contribution in [0.3, 0.4) is 0 Å². The van der Waals surface area contributed by atoms with E-state index in [1.807, 2.05) is 41.9 Å². The lowest BCUT2D eigenvalue weighted by Gasteiger charge is -2.09. The summed E-state index contributed by atoms with van der Waals surface area (Å²) in [5.41, 5.74) is 5.21. The van der Waals surface area contributed by atoms with Crippen LogP contribution in [0.1, 0.15) is 16.7 Å². The maximum absolute atomic E-state index is 6.01. The van der Waals surface area contributed by atoms with Crippen molar-refractivity contribution in [2.24, 2.45) is 0 Å². The van der Waals surface area contributed by atoms with Crippen molar-refractivity contribution in [3.63, 3.8) is 0 Å². The summed E-state index contributed by atoms with van der Waals surface area (Å²) in [5, 5.41) is 5.28. The van der Waals surface area contributed by atoms with E-state index in [0.717, 1.165) is 28.0 Å². The van der Waals surface area contributed by atoms with Crippen molar-refractivity contribution >= 4 is 11.0 Å². The molecule has 2 aromatic heterocycles. The van der Waals surface area contributed by atoms with Gasteiger partial charge in [-0.3, -0.25) is 0 Å². The molecule has 0 radical (unpaired) electrons. The molecule has 25 heavy (non-hydrogen) atoms. The Labute approximate surface area is 145 Å². The van der Waals surface area contributed by atoms with E-state index in [9.17, 15) is 0 Å². The van der Waals surface area contributed by atoms with Gasteiger partial charge in [-0.2, -0.15) is 5.10 Å². The molecule has 0 aliphatic rings. The molecule has 0 bridgehead atoms. The van der Waals surface area contributed by atoms with Gasteiger partial charge < -0.3 is 4.74 Å². The first-order valence-electron chi connectivity index (χ1n) is 8.13. The zero-order valence-corrected chi connectivity index (χ0v) is 14.4. The Kier molecular flexibility index (Phi) is 3.69. The first kappa shape index (κ1) is 15.3. The SMILES string of the molecule is Cc1ccc(-n2ncc3c(Oc4ccccc4C)ncnc32)cc1C. The predicted molar refractivity (Wildman–Crippen MR) is 97.4 cm³/mol. The van der Waals surface area contributed by atoms with Crippen LogP contribution in [0, 0.1) is 20.8 Å². The summed E-state index contributed by atoms with van der Waals surface area (Å²) in [6.45, 7) is 6.19. The van der Waals surface area contributed by atoms with Crippen LogP contribution in [-0.2, 0) is 0 Å². The highest BCUT2D eigenvalue weighted by atomic mass is 16.5. The van der Waals surface area contributed by atoms with Crippen LogP contribution in [0.4, 0.5) is 0 Å². The molecule has 2 aromatic carbocycles. The first-order valence-corrected chi connectivity index (χ1v) is 8.13. The highest BCUT2D eigenvalue weighted by Gasteiger charge is 2.13. The van der Waals surface area contributed by atoms with Crippen molar-refractivity contribution in [1.82, 2.24) is 19.7 Å². The Morgan fingerprint density at radius 3 is 2.52 bits per heavy atom. The van der Waals surface area contributed by atoms with E-state index in [0.29, 0.717) is 5.88 Å². The molecule has 0 saturated carbocycles. The fourth-order valence-corrected chi connectivity index (χ4v) is 2.73. The number of benzene rings is 2. The number of aryl methyl sites for hydroxylation is 3. The zero-order valence-electron chi connectivity index (χ0n) is 14.4. The van der Waals surface area contributed by atoms with Crippen LogP contribution in [0.15, 0.2) is 55.0 Å². The Bertz CT molecular complexity index is 1070. The number of hydrogen-bond donors (Lipinski definition) is 0. The van der Waals surface area contributed by atoms with Gasteiger partial charge in [0.05, 0.1) is 11.9 Å². The van der Waals surface area contributed by atoms with Gasteiger partial charge in [-0.15, -0.1) is 0 Å². The molecule has 0 atom stereocenters. The van der Waals surface area contributed by atoms with Gasteiger partial charge in [0.1, 0.15) is 17.5 Å². The van der Waals surface area contributed by atoms with Crippen molar-refractivity contribution < 1.29 is 4.74 Å². The molecule has 0 spiro atoms. The second-order valence-electron chi connectivity index (χ2n) is 6.11. The van der Waals surface area contributed by atoms with E-state index in [-0.39, 0.29) is 0 Å². The van der Waals surface area contributed by atoms with Crippen molar-refractivity contribution in [2.45, 2.75) is 20.8 Å². The summed E-state index contributed by atoms with van der Waals surface area (Å²) in [5.74, 6) is 1.29. The standard InChI is InChI=1S/C20H18N4O/c1-13-8-9-16(10-15(13)3)24-19-17(11-23-24)20(22-12-21-19)25-18-7-5-4-6-14(18)2/h4-12H,1-3H3. The van der Waals surface area contributed by atoms with Crippen LogP contribution in [0.5, 0.6) is 11.6 Å². The molecule has 0 unspecified atom stereocenters. The lowest BCUT2D eigenvalue weighted by molar-refractivity contribution is 0.464. The minimum absolute atomic E-state index is 0.509. The summed E-state index contributed by atoms with van der Waals surface area (Å²) >= 11 is 0. The van der Waals surface area contributed by atoms with E-state index in [4.69, 9.17) is 4.74 Å². The Morgan fingerprint density at radius 1 is 0.880 bits per heavy atom. The maximum Gasteiger partial charge on any atom is 0.233 e. The molecule has 0 aliphatic heterocycles. The molecule has 5 nitrogen and oxygen atoms in total. The minimum Gasteiger partial charge on any atom is -0.438 e. The van der Waals surface area contributed by atoms with Gasteiger partial charge in [-0.25, -0.2) is 14.6 Å². The number of hydrogen-bond acceptors (Lipinski definition) is 4. The van der Waals surface area contributed by atoms with Gasteiger partial charge in [0.2, 0.25) is 5.88 Å². The topological polar surface area (TPSA) is 52.8 Å². The van der Waals surface area contributed by atoms with E-state index in [2.05, 4.69) is 41.0 Å². The molecular formula is C20H18N4O. The van der Waals surface area contributed by atoms with E-state index < -0.39 is 0 Å². The minimum atomic E-state index is 0.509. The highest BCUT2D eigenvalue weighted by Crippen LogP contribution is 2.29. The smallest absolute Gasteiger partial charge is 0.233 e. The average molecular weight is 330 g/mol. The van der Waals surface area contributed by atoms with Gasteiger partial charge in [0, 0.05) is 0 Å². The third kappa shape index (κ3) is 2.74. The molecule has 2 heterocycles. The summed E-state index contributed by atoms with van der Waals surface area (Å²) in [4.78, 5) is 8.70. The Morgan fingerprint density at radius 2 is 1.72 bits per heavy atom. The van der Waals surface area contributed by atoms with E-state index in [1.54, 1.807) is 6.20 Å². The summed E-state index contributed by atoms with van der Waals surface area (Å²) < 4.78 is 7.82. The summed E-state index contributed by atoms with van der Waals surface area (Å²) in [6, 6.07) is 14.1. The molecule has 4 rings (SSSR count). The third-order valence-electron chi connectivity index (χ3n) is 4.36. The number of rotatable bonds is 3. The second-order valence-corrected chi connectivity index (χ2v) is 6.11. The maximum atomic E-state index is 6.01. The molecule has 5 heteroatoms. The summed E-state index contributed by atoms with van der Waals surface area (Å²) in [7, 11) is 0. The number of ether oxygens (including phenoxy) is 1. The van der Waals surface area contributed by atoms with Crippen molar-refractivity contribution in [3.05, 3.63) is 71.7 Å². The number of para-hydroxylation sites is 1. The van der Waals surface area contributed by atoms with Gasteiger partial charge in [-0.05, 0) is 55.7 Å². The first-order chi connectivity index (χ1) is 12.1. The molecule has 0 fully saturated rings. The largest absolute Gasteiger partial charge is 0.438 e. The fourth-order valence-electron chi connectivity index (χ4n) is 2.73. The van der Waals surface area contributed by atoms with Crippen molar-refractivity contribution in [2.75, 3.05) is 0 Å². The van der Waals surface area contributed by atoms with Crippen LogP contribution in [-0.4, -0.2) is 19.7 Å². The monoisotopic (exact) mass is 330 g/mol. The molecule has 0 N–H and O–H groups in total. The molecule has 0 aliphatic carbocycles. The summed E-state index contributed by atoms with van der Waals surface area (Å²) in [6.07, 6.45) is 3.26. The van der Waals surface area contributed by atoms with Crippen LogP contribution < -0.4 is 4.74 Å². The van der Waals surface area contributed by atoms with Gasteiger partial charge in [0.15, 0.2) is 5.65 Å². The third-order valence-corrected chi connectivity index (χ3v) is 4.36. The Balaban J connectivity index is 1.80. The Hall–Kier alpha value is -3.21. The van der Waals surface area contributed by atoms with Crippen molar-refractivity contribution in [1.29, 1.82) is 0 Å². The highest BCUT2D eigenvalue weighted by molar-refractivity contribution is 5.81. The molecule has 4 aromatic rings. The quantitative estimate of drug-likeness (QED) is 0.554. The van der Waals surface area contributed by atoms with Gasteiger partial charge in [0.25, 0.3) is 0 Å². The van der Waals surface area contributed by atoms with Gasteiger partial charge in [-0.1, -0.05) is 24.3 Å². The van der Waals surface area contributed by atoms with E-state index >= 15 is 0 Å². The van der Waals surface area contributed by atoms with Crippen LogP contribution in [0.2, 0.25) is 0 Å². The number of aromatic nitrogens is 4. The average Bonchev–Trinajstić information content (AvgIpc) is 3.04. The number of fused-ring (bicyclic) bond motifs is 1. The second kappa shape index (κ2) is 6.02. The lowest BCUT2D eigenvalue weighted by Crippen LogP contribution is -1.99. The zero-order chi connectivity index (χ0) is 17.4. The fraction of sp³-hybridized carbons (Fsp3) is 0.150.